The Morgan fingerprint density at radius 2 is 1.79 bits per heavy atom. The molecule has 2 aromatic rings. The summed E-state index contributed by atoms with van der Waals surface area (Å²) in [5, 5.41) is 3.36. The molecule has 1 N–H and O–H groups in total. The van der Waals surface area contributed by atoms with E-state index in [1.807, 2.05) is 13.8 Å². The van der Waals surface area contributed by atoms with Crippen LogP contribution >= 0.6 is 27.5 Å². The van der Waals surface area contributed by atoms with Gasteiger partial charge in [0.2, 0.25) is 21.8 Å². The van der Waals surface area contributed by atoms with Gasteiger partial charge >= 0.3 is 0 Å². The van der Waals surface area contributed by atoms with Gasteiger partial charge in [0.25, 0.3) is 0 Å². The minimum Gasteiger partial charge on any atom is -0.354 e. The van der Waals surface area contributed by atoms with Crippen molar-refractivity contribution in [3.8, 4) is 0 Å². The summed E-state index contributed by atoms with van der Waals surface area (Å²) in [6.45, 7) is 5.59. The number of anilines is 1. The van der Waals surface area contributed by atoms with Crippen molar-refractivity contribution in [3.63, 3.8) is 0 Å². The lowest BCUT2D eigenvalue weighted by Gasteiger charge is -2.31. The number of carbonyl (C=O) groups is 2. The zero-order valence-corrected chi connectivity index (χ0v) is 22.3. The van der Waals surface area contributed by atoms with Gasteiger partial charge in [0.15, 0.2) is 0 Å². The summed E-state index contributed by atoms with van der Waals surface area (Å²) in [6.07, 6.45) is 1.81. The molecule has 0 unspecified atom stereocenters. The van der Waals surface area contributed by atoms with Gasteiger partial charge < -0.3 is 10.2 Å². The van der Waals surface area contributed by atoms with Crippen LogP contribution in [0.25, 0.3) is 0 Å². The maximum Gasteiger partial charge on any atom is 0.244 e. The number of rotatable bonds is 10. The number of amides is 2. The fourth-order valence-electron chi connectivity index (χ4n) is 3.16. The molecule has 2 amide bonds. The van der Waals surface area contributed by atoms with Gasteiger partial charge in [0.1, 0.15) is 12.6 Å². The highest BCUT2D eigenvalue weighted by Gasteiger charge is 2.30. The van der Waals surface area contributed by atoms with E-state index in [4.69, 9.17) is 11.6 Å². The summed E-state index contributed by atoms with van der Waals surface area (Å²) in [7, 11) is -3.76. The Morgan fingerprint density at radius 3 is 2.33 bits per heavy atom. The van der Waals surface area contributed by atoms with Crippen molar-refractivity contribution in [2.45, 2.75) is 39.8 Å². The summed E-state index contributed by atoms with van der Waals surface area (Å²) in [4.78, 5) is 27.5. The van der Waals surface area contributed by atoms with Crippen LogP contribution in [0.15, 0.2) is 46.9 Å². The number of hydrogen-bond acceptors (Lipinski definition) is 4. The van der Waals surface area contributed by atoms with Crippen LogP contribution in [0.3, 0.4) is 0 Å². The molecule has 2 aromatic carbocycles. The van der Waals surface area contributed by atoms with Crippen LogP contribution < -0.4 is 9.62 Å². The van der Waals surface area contributed by atoms with E-state index in [1.165, 1.54) is 4.90 Å². The fourth-order valence-corrected chi connectivity index (χ4v) is 4.38. The van der Waals surface area contributed by atoms with Crippen molar-refractivity contribution in [1.82, 2.24) is 10.2 Å². The number of benzene rings is 2. The van der Waals surface area contributed by atoms with E-state index in [1.54, 1.807) is 49.4 Å². The molecular weight excluding hydrogens is 530 g/mol. The molecular formula is C23H29BrClN3O4S. The molecule has 0 spiro atoms. The Morgan fingerprint density at radius 1 is 1.15 bits per heavy atom. The number of carbonyl (C=O) groups excluding carboxylic acids is 2. The standard InChI is InChI=1S/C23H29BrClN3O4S/c1-5-12-26-23(30)17(3)27(14-18-6-8-19(25)9-7-18)22(29)15-28(33(4,31)32)20-10-11-21(24)16(2)13-20/h6-11,13,17H,5,12,14-15H2,1-4H3,(H,26,30)/t17-/m0/s1. The third-order valence-electron chi connectivity index (χ3n) is 5.09. The van der Waals surface area contributed by atoms with Crippen LogP contribution in [0.5, 0.6) is 0 Å². The molecule has 0 radical (unpaired) electrons. The quantitative estimate of drug-likeness (QED) is 0.475. The van der Waals surface area contributed by atoms with Crippen LogP contribution in [0.2, 0.25) is 5.02 Å². The number of hydrogen-bond donors (Lipinski definition) is 1. The highest BCUT2D eigenvalue weighted by molar-refractivity contribution is 9.10. The molecule has 1 atom stereocenters. The second kappa shape index (κ2) is 11.9. The third-order valence-corrected chi connectivity index (χ3v) is 7.37. The Hall–Kier alpha value is -2.10. The zero-order valence-electron chi connectivity index (χ0n) is 19.1. The number of nitrogens with one attached hydrogen (secondary N) is 1. The lowest BCUT2D eigenvalue weighted by atomic mass is 10.1. The lowest BCUT2D eigenvalue weighted by Crippen LogP contribution is -2.51. The van der Waals surface area contributed by atoms with E-state index in [2.05, 4.69) is 21.2 Å². The molecule has 0 saturated heterocycles. The molecule has 0 aliphatic carbocycles. The predicted octanol–water partition coefficient (Wildman–Crippen LogP) is 4.12. The van der Waals surface area contributed by atoms with Gasteiger partial charge in [-0.15, -0.1) is 0 Å². The zero-order chi connectivity index (χ0) is 24.8. The summed E-state index contributed by atoms with van der Waals surface area (Å²) in [5.74, 6) is -0.792. The van der Waals surface area contributed by atoms with Gasteiger partial charge in [-0.2, -0.15) is 0 Å². The maximum absolute atomic E-state index is 13.4. The highest BCUT2D eigenvalue weighted by atomic mass is 79.9. The topological polar surface area (TPSA) is 86.8 Å². The second-order valence-corrected chi connectivity index (χ2v) is 11.0. The van der Waals surface area contributed by atoms with Crippen LogP contribution in [0, 0.1) is 6.92 Å². The van der Waals surface area contributed by atoms with Gasteiger partial charge in [-0.3, -0.25) is 13.9 Å². The molecule has 2 rings (SSSR count). The van der Waals surface area contributed by atoms with Gasteiger partial charge in [0.05, 0.1) is 11.9 Å². The Bertz CT molecular complexity index is 1090. The van der Waals surface area contributed by atoms with E-state index >= 15 is 0 Å². The first kappa shape index (κ1) is 27.1. The molecule has 0 aromatic heterocycles. The van der Waals surface area contributed by atoms with Gasteiger partial charge in [-0.1, -0.05) is 46.6 Å². The van der Waals surface area contributed by atoms with E-state index in [-0.39, 0.29) is 12.5 Å². The van der Waals surface area contributed by atoms with Crippen molar-refractivity contribution < 1.29 is 18.0 Å². The molecule has 0 aliphatic rings. The van der Waals surface area contributed by atoms with Gasteiger partial charge in [-0.05, 0) is 61.7 Å². The molecule has 180 valence electrons. The molecule has 0 saturated carbocycles. The SMILES string of the molecule is CCCNC(=O)[C@H](C)N(Cc1ccc(Cl)cc1)C(=O)CN(c1ccc(Br)c(C)c1)S(C)(=O)=O. The fraction of sp³-hybridized carbons (Fsp3) is 0.391. The van der Waals surface area contributed by atoms with Crippen LogP contribution in [0.1, 0.15) is 31.4 Å². The van der Waals surface area contributed by atoms with Crippen LogP contribution in [-0.4, -0.2) is 50.5 Å². The summed E-state index contributed by atoms with van der Waals surface area (Å²) in [6, 6.07) is 11.2. The Labute approximate surface area is 209 Å². The number of nitrogens with zero attached hydrogens (tertiary/aromatic N) is 2. The normalized spacial score (nSPS) is 12.2. The van der Waals surface area contributed by atoms with E-state index in [0.29, 0.717) is 17.3 Å². The number of halogens is 2. The first-order chi connectivity index (χ1) is 15.4. The average Bonchev–Trinajstić information content (AvgIpc) is 2.76. The average molecular weight is 559 g/mol. The van der Waals surface area contributed by atoms with Gasteiger partial charge in [0, 0.05) is 22.6 Å². The maximum atomic E-state index is 13.4. The molecule has 0 heterocycles. The van der Waals surface area contributed by atoms with Crippen molar-refractivity contribution in [2.24, 2.45) is 0 Å². The summed E-state index contributed by atoms with van der Waals surface area (Å²) in [5.41, 5.74) is 1.98. The predicted molar refractivity (Wildman–Crippen MR) is 136 cm³/mol. The largest absolute Gasteiger partial charge is 0.354 e. The minimum atomic E-state index is -3.76. The van der Waals surface area contributed by atoms with Crippen molar-refractivity contribution in [2.75, 3.05) is 23.7 Å². The highest BCUT2D eigenvalue weighted by Crippen LogP contribution is 2.25. The molecule has 33 heavy (non-hydrogen) atoms. The number of aryl methyl sites for hydroxylation is 1. The monoisotopic (exact) mass is 557 g/mol. The third kappa shape index (κ3) is 7.72. The number of sulfonamides is 1. The van der Waals surface area contributed by atoms with Crippen molar-refractivity contribution in [1.29, 1.82) is 0 Å². The van der Waals surface area contributed by atoms with Crippen LogP contribution in [0.4, 0.5) is 5.69 Å². The molecule has 0 aliphatic heterocycles. The smallest absolute Gasteiger partial charge is 0.244 e. The van der Waals surface area contributed by atoms with Gasteiger partial charge in [-0.25, -0.2) is 8.42 Å². The first-order valence-corrected chi connectivity index (χ1v) is 13.5. The molecule has 10 heteroatoms. The molecule has 0 bridgehead atoms. The Balaban J connectivity index is 2.38. The summed E-state index contributed by atoms with van der Waals surface area (Å²) >= 11 is 9.37. The first-order valence-electron chi connectivity index (χ1n) is 10.5. The molecule has 7 nitrogen and oxygen atoms in total. The lowest BCUT2D eigenvalue weighted by molar-refractivity contribution is -0.139. The summed E-state index contributed by atoms with van der Waals surface area (Å²) < 4.78 is 27.0. The van der Waals surface area contributed by atoms with Crippen molar-refractivity contribution in [3.05, 3.63) is 63.1 Å². The van der Waals surface area contributed by atoms with E-state index in [9.17, 15) is 18.0 Å². The van der Waals surface area contributed by atoms with Crippen molar-refractivity contribution >= 4 is 55.1 Å². The van der Waals surface area contributed by atoms with E-state index < -0.39 is 28.5 Å². The minimum absolute atomic E-state index is 0.133. The second-order valence-electron chi connectivity index (χ2n) is 7.82. The van der Waals surface area contributed by atoms with Crippen LogP contribution in [-0.2, 0) is 26.2 Å². The molecule has 0 fully saturated rings. The van der Waals surface area contributed by atoms with E-state index in [0.717, 1.165) is 32.6 Å². The Kier molecular flexibility index (Phi) is 9.75.